The zero-order valence-electron chi connectivity index (χ0n) is 20.1. The maximum atomic E-state index is 11.8. The molecule has 3 aromatic carbocycles. The van der Waals surface area contributed by atoms with Crippen molar-refractivity contribution in [3.63, 3.8) is 0 Å². The number of nitrogens with one attached hydrogen (secondary N) is 2. The molecule has 0 spiro atoms. The summed E-state index contributed by atoms with van der Waals surface area (Å²) in [4.78, 5) is 50.8. The van der Waals surface area contributed by atoms with Crippen LogP contribution in [0.5, 0.6) is 0 Å². The number of aromatic carboxylic acids is 2. The highest BCUT2D eigenvalue weighted by Crippen LogP contribution is 2.36. The Morgan fingerprint density at radius 1 is 0.667 bits per heavy atom. The standard InChI is InChI=1S/C28H20N6O5/c29-20-11-9-16(10-12-20)22-23(15-1-5-18(6-2-15)26(35)36)34-25(31-21-13-14-30-28(39)32-21)24(33-22)17-3-7-19(8-4-17)27(37)38/h1-14H,29H2,(H,35,36)(H,37,38)(H2,30,31,32,34,39). The summed E-state index contributed by atoms with van der Waals surface area (Å²) in [6.45, 7) is 0. The fraction of sp³-hybridized carbons (Fsp3) is 0. The van der Waals surface area contributed by atoms with E-state index < -0.39 is 17.6 Å². The van der Waals surface area contributed by atoms with Gasteiger partial charge in [0.15, 0.2) is 5.82 Å². The highest BCUT2D eigenvalue weighted by atomic mass is 16.4. The van der Waals surface area contributed by atoms with Crippen LogP contribution in [0.4, 0.5) is 17.3 Å². The van der Waals surface area contributed by atoms with Crippen molar-refractivity contribution >= 4 is 29.3 Å². The van der Waals surface area contributed by atoms with Gasteiger partial charge in [-0.05, 0) is 42.5 Å². The van der Waals surface area contributed by atoms with Crippen LogP contribution in [0.15, 0.2) is 89.9 Å². The Bertz CT molecular complexity index is 1750. The minimum Gasteiger partial charge on any atom is -0.478 e. The van der Waals surface area contributed by atoms with Gasteiger partial charge in [0, 0.05) is 28.6 Å². The molecule has 192 valence electrons. The largest absolute Gasteiger partial charge is 0.478 e. The molecule has 6 N–H and O–H groups in total. The Hall–Kier alpha value is -5.84. The predicted octanol–water partition coefficient (Wildman–Crippen LogP) is 4.28. The number of H-pyrrole nitrogens is 1. The third-order valence-electron chi connectivity index (χ3n) is 5.81. The van der Waals surface area contributed by atoms with Gasteiger partial charge >= 0.3 is 17.6 Å². The molecule has 11 heteroatoms. The molecule has 11 nitrogen and oxygen atoms in total. The lowest BCUT2D eigenvalue weighted by Crippen LogP contribution is -2.12. The van der Waals surface area contributed by atoms with Gasteiger partial charge in [-0.25, -0.2) is 24.4 Å². The van der Waals surface area contributed by atoms with E-state index >= 15 is 0 Å². The Morgan fingerprint density at radius 2 is 1.15 bits per heavy atom. The quantitative estimate of drug-likeness (QED) is 0.194. The summed E-state index contributed by atoms with van der Waals surface area (Å²) < 4.78 is 0. The molecular formula is C28H20N6O5. The second kappa shape index (κ2) is 10.3. The van der Waals surface area contributed by atoms with Crippen LogP contribution >= 0.6 is 0 Å². The molecular weight excluding hydrogens is 500 g/mol. The first-order valence-electron chi connectivity index (χ1n) is 11.6. The van der Waals surface area contributed by atoms with Crippen molar-refractivity contribution in [3.8, 4) is 33.8 Å². The van der Waals surface area contributed by atoms with E-state index in [1.165, 1.54) is 30.5 Å². The van der Waals surface area contributed by atoms with Crippen LogP contribution in [-0.4, -0.2) is 42.1 Å². The van der Waals surface area contributed by atoms with Crippen molar-refractivity contribution in [3.05, 3.63) is 107 Å². The number of aromatic amines is 1. The van der Waals surface area contributed by atoms with E-state index in [1.54, 1.807) is 54.6 Å². The van der Waals surface area contributed by atoms with Crippen LogP contribution in [0.3, 0.4) is 0 Å². The minimum atomic E-state index is -1.07. The summed E-state index contributed by atoms with van der Waals surface area (Å²) in [5.41, 5.74) is 9.21. The lowest BCUT2D eigenvalue weighted by atomic mass is 10.0. The number of nitrogens with zero attached hydrogens (tertiary/aromatic N) is 3. The van der Waals surface area contributed by atoms with E-state index in [9.17, 15) is 24.6 Å². The SMILES string of the molecule is Nc1ccc(-c2nc(-c3ccc(C(=O)O)cc3)c(Nc3cc[nH]c(=O)n3)nc2-c2ccc(C(=O)O)cc2)cc1. The monoisotopic (exact) mass is 520 g/mol. The molecule has 0 aliphatic carbocycles. The number of benzene rings is 3. The zero-order chi connectivity index (χ0) is 27.5. The van der Waals surface area contributed by atoms with Crippen LogP contribution in [0, 0.1) is 0 Å². The number of hydrogen-bond acceptors (Lipinski definition) is 8. The number of carboxylic acids is 2. The van der Waals surface area contributed by atoms with Gasteiger partial charge < -0.3 is 26.2 Å². The number of carbonyl (C=O) groups is 2. The summed E-state index contributed by atoms with van der Waals surface area (Å²) in [7, 11) is 0. The Labute approximate surface area is 220 Å². The molecule has 0 bridgehead atoms. The van der Waals surface area contributed by atoms with Crippen LogP contribution in [0.25, 0.3) is 33.8 Å². The normalized spacial score (nSPS) is 10.7. The van der Waals surface area contributed by atoms with Crippen molar-refractivity contribution in [2.75, 3.05) is 11.1 Å². The van der Waals surface area contributed by atoms with Crippen LogP contribution in [-0.2, 0) is 0 Å². The van der Waals surface area contributed by atoms with E-state index in [-0.39, 0.29) is 22.8 Å². The summed E-state index contributed by atoms with van der Waals surface area (Å²) in [6.07, 6.45) is 1.43. The molecule has 0 amide bonds. The molecule has 0 atom stereocenters. The maximum Gasteiger partial charge on any atom is 0.346 e. The van der Waals surface area contributed by atoms with Crippen molar-refractivity contribution in [1.29, 1.82) is 0 Å². The van der Waals surface area contributed by atoms with Gasteiger partial charge in [0.2, 0.25) is 0 Å². The highest BCUT2D eigenvalue weighted by molar-refractivity contribution is 5.91. The van der Waals surface area contributed by atoms with Crippen molar-refractivity contribution < 1.29 is 19.8 Å². The second-order valence-electron chi connectivity index (χ2n) is 8.41. The van der Waals surface area contributed by atoms with Crippen LogP contribution in [0.2, 0.25) is 0 Å². The summed E-state index contributed by atoms with van der Waals surface area (Å²) >= 11 is 0. The summed E-state index contributed by atoms with van der Waals surface area (Å²) in [5, 5.41) is 21.7. The van der Waals surface area contributed by atoms with Crippen molar-refractivity contribution in [2.24, 2.45) is 0 Å². The van der Waals surface area contributed by atoms with Gasteiger partial charge in [0.1, 0.15) is 11.5 Å². The molecule has 5 aromatic rings. The zero-order valence-corrected chi connectivity index (χ0v) is 20.1. The van der Waals surface area contributed by atoms with E-state index in [2.05, 4.69) is 15.3 Å². The van der Waals surface area contributed by atoms with Gasteiger partial charge in [0.05, 0.1) is 22.5 Å². The fourth-order valence-electron chi connectivity index (χ4n) is 3.87. The Balaban J connectivity index is 1.76. The second-order valence-corrected chi connectivity index (χ2v) is 8.41. The van der Waals surface area contributed by atoms with E-state index in [0.29, 0.717) is 39.5 Å². The van der Waals surface area contributed by atoms with Crippen molar-refractivity contribution in [1.82, 2.24) is 19.9 Å². The van der Waals surface area contributed by atoms with Gasteiger partial charge in [-0.3, -0.25) is 0 Å². The molecule has 39 heavy (non-hydrogen) atoms. The number of hydrogen-bond donors (Lipinski definition) is 5. The number of anilines is 3. The number of rotatable bonds is 7. The number of carboxylic acid groups (broad SMARTS) is 2. The first-order chi connectivity index (χ1) is 18.8. The first-order valence-corrected chi connectivity index (χ1v) is 11.6. The van der Waals surface area contributed by atoms with Gasteiger partial charge in [-0.1, -0.05) is 36.4 Å². The van der Waals surface area contributed by atoms with Gasteiger partial charge in [0.25, 0.3) is 0 Å². The third kappa shape index (κ3) is 5.32. The van der Waals surface area contributed by atoms with E-state index in [4.69, 9.17) is 15.7 Å². The molecule has 0 aliphatic heterocycles. The summed E-state index contributed by atoms with van der Waals surface area (Å²) in [6, 6.07) is 20.9. The molecule has 0 aliphatic rings. The number of nitrogen functional groups attached to an aromatic ring is 1. The third-order valence-corrected chi connectivity index (χ3v) is 5.81. The Kier molecular flexibility index (Phi) is 6.54. The molecule has 5 rings (SSSR count). The van der Waals surface area contributed by atoms with Gasteiger partial charge in [-0.15, -0.1) is 0 Å². The van der Waals surface area contributed by atoms with E-state index in [0.717, 1.165) is 0 Å². The topological polar surface area (TPSA) is 184 Å². The maximum absolute atomic E-state index is 11.8. The molecule has 0 unspecified atom stereocenters. The van der Waals surface area contributed by atoms with E-state index in [1.807, 2.05) is 0 Å². The summed E-state index contributed by atoms with van der Waals surface area (Å²) in [5.74, 6) is -1.67. The molecule has 0 fully saturated rings. The predicted molar refractivity (Wildman–Crippen MR) is 145 cm³/mol. The lowest BCUT2D eigenvalue weighted by molar-refractivity contribution is 0.0686. The fourth-order valence-corrected chi connectivity index (χ4v) is 3.87. The lowest BCUT2D eigenvalue weighted by Gasteiger charge is -2.16. The average Bonchev–Trinajstić information content (AvgIpc) is 2.93. The first kappa shape index (κ1) is 24.8. The smallest absolute Gasteiger partial charge is 0.346 e. The Morgan fingerprint density at radius 3 is 1.67 bits per heavy atom. The highest BCUT2D eigenvalue weighted by Gasteiger charge is 2.20. The van der Waals surface area contributed by atoms with Crippen molar-refractivity contribution in [2.45, 2.75) is 0 Å². The molecule has 0 saturated heterocycles. The minimum absolute atomic E-state index is 0.103. The molecule has 2 aromatic heterocycles. The molecule has 2 heterocycles. The molecule has 0 radical (unpaired) electrons. The molecule has 0 saturated carbocycles. The number of aromatic nitrogens is 4. The number of nitrogens with two attached hydrogens (primary N) is 1. The average molecular weight is 521 g/mol. The van der Waals surface area contributed by atoms with Gasteiger partial charge in [-0.2, -0.15) is 4.98 Å². The van der Waals surface area contributed by atoms with Crippen LogP contribution < -0.4 is 16.7 Å². The van der Waals surface area contributed by atoms with Crippen LogP contribution in [0.1, 0.15) is 20.7 Å².